The van der Waals surface area contributed by atoms with Crippen LogP contribution in [0.1, 0.15) is 0 Å². The SMILES string of the molecule is COC1CS(=O)(=NN)C1. The van der Waals surface area contributed by atoms with Crippen LogP contribution in [0.5, 0.6) is 0 Å². The van der Waals surface area contributed by atoms with Crippen LogP contribution in [0.4, 0.5) is 0 Å². The fourth-order valence-corrected chi connectivity index (χ4v) is 2.26. The van der Waals surface area contributed by atoms with Crippen LogP contribution in [0.3, 0.4) is 0 Å². The quantitative estimate of drug-likeness (QED) is 0.399. The van der Waals surface area contributed by atoms with E-state index in [0.717, 1.165) is 0 Å². The highest BCUT2D eigenvalue weighted by molar-refractivity contribution is 7.95. The predicted octanol–water partition coefficient (Wildman–Crippen LogP) is -0.643. The standard InChI is InChI=1S/C4H10N2O2S/c1-8-4-2-9(7,3-4)6-5/h4H,2-3,5H2,1H3. The molecule has 0 spiro atoms. The van der Waals surface area contributed by atoms with E-state index in [4.69, 9.17) is 10.6 Å². The van der Waals surface area contributed by atoms with E-state index >= 15 is 0 Å². The Hall–Kier alpha value is -0.130. The van der Waals surface area contributed by atoms with E-state index in [9.17, 15) is 4.21 Å². The summed E-state index contributed by atoms with van der Waals surface area (Å²) in [5.74, 6) is 5.88. The van der Waals surface area contributed by atoms with Crippen LogP contribution >= 0.6 is 0 Å². The second-order valence-electron chi connectivity index (χ2n) is 2.07. The van der Waals surface area contributed by atoms with Crippen molar-refractivity contribution in [1.29, 1.82) is 0 Å². The van der Waals surface area contributed by atoms with Crippen LogP contribution in [0, 0.1) is 0 Å². The minimum atomic E-state index is -2.01. The van der Waals surface area contributed by atoms with Gasteiger partial charge in [0.25, 0.3) is 0 Å². The lowest BCUT2D eigenvalue weighted by molar-refractivity contribution is 0.128. The summed E-state index contributed by atoms with van der Waals surface area (Å²) in [6.45, 7) is 0. The molecule has 1 aliphatic rings. The van der Waals surface area contributed by atoms with E-state index in [-0.39, 0.29) is 6.10 Å². The van der Waals surface area contributed by atoms with Crippen molar-refractivity contribution < 1.29 is 8.95 Å². The van der Waals surface area contributed by atoms with Crippen molar-refractivity contribution >= 4 is 9.73 Å². The molecule has 0 aromatic rings. The Morgan fingerprint density at radius 1 is 1.78 bits per heavy atom. The monoisotopic (exact) mass is 150 g/mol. The molecule has 0 amide bonds. The first-order chi connectivity index (χ1) is 4.20. The van der Waals surface area contributed by atoms with Gasteiger partial charge in [-0.15, -0.1) is 0 Å². The maximum atomic E-state index is 11.0. The Morgan fingerprint density at radius 3 is 2.67 bits per heavy atom. The zero-order valence-electron chi connectivity index (χ0n) is 5.24. The van der Waals surface area contributed by atoms with Crippen molar-refractivity contribution in [3.63, 3.8) is 0 Å². The van der Waals surface area contributed by atoms with Gasteiger partial charge in [0.15, 0.2) is 0 Å². The molecular weight excluding hydrogens is 140 g/mol. The van der Waals surface area contributed by atoms with E-state index in [1.165, 1.54) is 0 Å². The first-order valence-corrected chi connectivity index (χ1v) is 4.50. The zero-order valence-corrected chi connectivity index (χ0v) is 6.06. The largest absolute Gasteiger partial charge is 0.379 e. The van der Waals surface area contributed by atoms with Crippen LogP contribution in [0.15, 0.2) is 4.47 Å². The van der Waals surface area contributed by atoms with Gasteiger partial charge in [-0.2, -0.15) is 4.47 Å². The third-order valence-corrected chi connectivity index (χ3v) is 3.59. The Bertz CT molecular complexity index is 195. The molecular formula is C4H10N2O2S. The van der Waals surface area contributed by atoms with Crippen LogP contribution in [-0.2, 0) is 14.5 Å². The molecule has 2 N–H and O–H groups in total. The lowest BCUT2D eigenvalue weighted by Gasteiger charge is -2.27. The Labute approximate surface area is 54.5 Å². The fourth-order valence-electron chi connectivity index (χ4n) is 0.754. The molecule has 0 saturated carbocycles. The van der Waals surface area contributed by atoms with Gasteiger partial charge in [-0.1, -0.05) is 0 Å². The van der Waals surface area contributed by atoms with Crippen LogP contribution in [0.2, 0.25) is 0 Å². The number of hydrogen-bond acceptors (Lipinski definition) is 3. The Kier molecular flexibility index (Phi) is 1.74. The molecule has 0 bridgehead atoms. The zero-order chi connectivity index (χ0) is 6.91. The molecule has 54 valence electrons. The van der Waals surface area contributed by atoms with Gasteiger partial charge in [-0.3, -0.25) is 0 Å². The molecule has 1 rings (SSSR count). The topological polar surface area (TPSA) is 64.7 Å². The summed E-state index contributed by atoms with van der Waals surface area (Å²) in [4.78, 5) is 0. The molecule has 0 atom stereocenters. The number of hydrogen-bond donors (Lipinski definition) is 1. The molecule has 0 unspecified atom stereocenters. The smallest absolute Gasteiger partial charge is 0.0819 e. The predicted molar refractivity (Wildman–Crippen MR) is 35.3 cm³/mol. The minimum absolute atomic E-state index is 0.116. The van der Waals surface area contributed by atoms with Crippen LogP contribution in [0.25, 0.3) is 0 Å². The first-order valence-electron chi connectivity index (χ1n) is 2.65. The van der Waals surface area contributed by atoms with Crippen molar-refractivity contribution in [1.82, 2.24) is 0 Å². The second-order valence-corrected chi connectivity index (χ2v) is 4.49. The molecule has 9 heavy (non-hydrogen) atoms. The normalized spacial score (nSPS) is 41.8. The van der Waals surface area contributed by atoms with Gasteiger partial charge in [0, 0.05) is 7.11 Å². The first kappa shape index (κ1) is 6.98. The molecule has 1 fully saturated rings. The number of nitrogens with zero attached hydrogens (tertiary/aromatic N) is 1. The molecule has 0 aromatic carbocycles. The van der Waals surface area contributed by atoms with Crippen molar-refractivity contribution in [3.05, 3.63) is 0 Å². The van der Waals surface area contributed by atoms with E-state index < -0.39 is 9.73 Å². The van der Waals surface area contributed by atoms with Gasteiger partial charge >= 0.3 is 0 Å². The summed E-state index contributed by atoms with van der Waals surface area (Å²) in [5.41, 5.74) is 0. The third kappa shape index (κ3) is 1.23. The molecule has 5 heteroatoms. The average Bonchev–Trinajstić information content (AvgIpc) is 1.81. The van der Waals surface area contributed by atoms with Gasteiger partial charge in [0.2, 0.25) is 0 Å². The van der Waals surface area contributed by atoms with Gasteiger partial charge in [-0.05, 0) is 0 Å². The molecule has 1 aliphatic heterocycles. The van der Waals surface area contributed by atoms with E-state index in [1.54, 1.807) is 7.11 Å². The summed E-state index contributed by atoms with van der Waals surface area (Å²) < 4.78 is 19.2. The van der Waals surface area contributed by atoms with Gasteiger partial charge in [-0.25, -0.2) is 10.1 Å². The average molecular weight is 150 g/mol. The Morgan fingerprint density at radius 2 is 2.33 bits per heavy atom. The van der Waals surface area contributed by atoms with Crippen LogP contribution < -0.4 is 5.84 Å². The number of ether oxygens (including phenoxy) is 1. The van der Waals surface area contributed by atoms with E-state index in [2.05, 4.69) is 4.47 Å². The minimum Gasteiger partial charge on any atom is -0.379 e. The van der Waals surface area contributed by atoms with E-state index in [1.807, 2.05) is 0 Å². The van der Waals surface area contributed by atoms with Crippen molar-refractivity contribution in [2.75, 3.05) is 18.6 Å². The fraction of sp³-hybridized carbons (Fsp3) is 1.00. The molecule has 0 aromatic heterocycles. The second kappa shape index (κ2) is 2.24. The van der Waals surface area contributed by atoms with Gasteiger partial charge in [0.05, 0.1) is 27.3 Å². The summed E-state index contributed by atoms with van der Waals surface area (Å²) >= 11 is 0. The number of nitrogens with two attached hydrogens (primary N) is 1. The number of rotatable bonds is 1. The van der Waals surface area contributed by atoms with Gasteiger partial charge < -0.3 is 4.74 Å². The summed E-state index contributed by atoms with van der Waals surface area (Å²) in [5, 5.41) is 0. The molecule has 0 aliphatic carbocycles. The highest BCUT2D eigenvalue weighted by Crippen LogP contribution is 2.14. The van der Waals surface area contributed by atoms with Crippen molar-refractivity contribution in [2.24, 2.45) is 10.3 Å². The third-order valence-electron chi connectivity index (χ3n) is 1.42. The summed E-state index contributed by atoms with van der Waals surface area (Å²) in [7, 11) is -0.413. The highest BCUT2D eigenvalue weighted by atomic mass is 32.2. The number of methoxy groups -OCH3 is 1. The molecule has 4 nitrogen and oxygen atoms in total. The molecule has 1 saturated heterocycles. The maximum Gasteiger partial charge on any atom is 0.0819 e. The van der Waals surface area contributed by atoms with E-state index in [0.29, 0.717) is 11.5 Å². The molecule has 1 heterocycles. The van der Waals surface area contributed by atoms with Crippen LogP contribution in [-0.4, -0.2) is 28.9 Å². The highest BCUT2D eigenvalue weighted by Gasteiger charge is 2.31. The lowest BCUT2D eigenvalue weighted by atomic mass is 10.4. The molecule has 0 radical (unpaired) electrons. The van der Waals surface area contributed by atoms with Crippen molar-refractivity contribution in [2.45, 2.75) is 6.10 Å². The Balaban J connectivity index is 2.52. The summed E-state index contributed by atoms with van der Waals surface area (Å²) in [6.07, 6.45) is 0.116. The lowest BCUT2D eigenvalue weighted by Crippen LogP contribution is -2.42. The van der Waals surface area contributed by atoms with Crippen molar-refractivity contribution in [3.8, 4) is 0 Å². The van der Waals surface area contributed by atoms with Gasteiger partial charge in [0.1, 0.15) is 0 Å². The summed E-state index contributed by atoms with van der Waals surface area (Å²) in [6, 6.07) is 0. The maximum absolute atomic E-state index is 11.0.